The third kappa shape index (κ3) is 4.56. The van der Waals surface area contributed by atoms with Crippen molar-refractivity contribution in [3.63, 3.8) is 0 Å². The van der Waals surface area contributed by atoms with Gasteiger partial charge in [-0.1, -0.05) is 76.2 Å². The topological polar surface area (TPSA) is 6.25 Å². The monoisotopic (exact) mass is 519 g/mol. The molecule has 0 radical (unpaired) electrons. The van der Waals surface area contributed by atoms with Crippen LogP contribution in [0.5, 0.6) is 0 Å². The van der Waals surface area contributed by atoms with E-state index in [-0.39, 0.29) is 10.8 Å². The predicted molar refractivity (Wildman–Crippen MR) is 168 cm³/mol. The molecule has 3 aliphatic rings. The van der Waals surface area contributed by atoms with E-state index in [1.807, 2.05) is 0 Å². The van der Waals surface area contributed by atoms with Gasteiger partial charge in [-0.2, -0.15) is 4.58 Å². The summed E-state index contributed by atoms with van der Waals surface area (Å²) in [5.74, 6) is 0.492. The Morgan fingerprint density at radius 2 is 1.54 bits per heavy atom. The highest BCUT2D eigenvalue weighted by atomic mass is 15.2. The first-order valence-corrected chi connectivity index (χ1v) is 15.1. The average molecular weight is 520 g/mol. The summed E-state index contributed by atoms with van der Waals surface area (Å²) < 4.78 is 2.50. The zero-order valence-electron chi connectivity index (χ0n) is 25.4. The van der Waals surface area contributed by atoms with Crippen molar-refractivity contribution in [2.24, 2.45) is 5.92 Å². The first-order chi connectivity index (χ1) is 18.6. The van der Waals surface area contributed by atoms with Gasteiger partial charge in [-0.15, -0.1) is 0 Å². The number of nitrogens with zero attached hydrogens (tertiary/aromatic N) is 2. The summed E-state index contributed by atoms with van der Waals surface area (Å²) in [6, 6.07) is 17.8. The Hall–Kier alpha value is -3.13. The van der Waals surface area contributed by atoms with Gasteiger partial charge < -0.3 is 4.90 Å². The summed E-state index contributed by atoms with van der Waals surface area (Å²) in [4.78, 5) is 2.50. The fourth-order valence-electron chi connectivity index (χ4n) is 7.36. The average Bonchev–Trinajstić information content (AvgIpc) is 3.28. The number of anilines is 1. The molecule has 0 unspecified atom stereocenters. The van der Waals surface area contributed by atoms with Gasteiger partial charge in [0.2, 0.25) is 5.69 Å². The number of likely N-dealkylation sites (N-methyl/N-ethyl adjacent to an activating group) is 1. The van der Waals surface area contributed by atoms with E-state index in [1.54, 1.807) is 5.57 Å². The second-order valence-electron chi connectivity index (χ2n) is 12.7. The molecule has 2 heteroatoms. The van der Waals surface area contributed by atoms with Crippen molar-refractivity contribution in [3.8, 4) is 0 Å². The van der Waals surface area contributed by atoms with Crippen molar-refractivity contribution >= 4 is 17.1 Å². The minimum atomic E-state index is 0.00604. The van der Waals surface area contributed by atoms with Crippen molar-refractivity contribution < 1.29 is 4.58 Å². The van der Waals surface area contributed by atoms with Gasteiger partial charge in [-0.05, 0) is 87.3 Å². The number of rotatable bonds is 6. The van der Waals surface area contributed by atoms with Gasteiger partial charge in [0.15, 0.2) is 5.71 Å². The van der Waals surface area contributed by atoms with E-state index in [0.29, 0.717) is 5.92 Å². The van der Waals surface area contributed by atoms with Crippen LogP contribution in [0.4, 0.5) is 11.4 Å². The Labute approximate surface area is 237 Å². The van der Waals surface area contributed by atoms with E-state index in [1.165, 1.54) is 51.5 Å². The van der Waals surface area contributed by atoms with Gasteiger partial charge in [-0.25, -0.2) is 0 Å². The number of hydrogen-bond donors (Lipinski definition) is 0. The molecule has 0 atom stereocenters. The normalized spacial score (nSPS) is 22.1. The number of fused-ring (bicyclic) bond motifs is 2. The molecule has 2 nitrogen and oxygen atoms in total. The highest BCUT2D eigenvalue weighted by Gasteiger charge is 2.43. The van der Waals surface area contributed by atoms with Crippen LogP contribution < -0.4 is 4.90 Å². The summed E-state index contributed by atoms with van der Waals surface area (Å²) in [7, 11) is 0. The van der Waals surface area contributed by atoms with Gasteiger partial charge in [0.05, 0.1) is 5.41 Å². The van der Waals surface area contributed by atoms with Gasteiger partial charge >= 0.3 is 0 Å². The molecule has 204 valence electrons. The minimum Gasteiger partial charge on any atom is -0.344 e. The Bertz CT molecular complexity index is 1420. The molecule has 2 heterocycles. The van der Waals surface area contributed by atoms with Crippen LogP contribution in [-0.2, 0) is 10.8 Å². The zero-order chi connectivity index (χ0) is 27.9. The number of hydrogen-bond acceptors (Lipinski definition) is 1. The first-order valence-electron chi connectivity index (χ1n) is 15.1. The van der Waals surface area contributed by atoms with Crippen LogP contribution in [0, 0.1) is 5.92 Å². The maximum Gasteiger partial charge on any atom is 0.209 e. The van der Waals surface area contributed by atoms with Crippen LogP contribution in [0.15, 0.2) is 95.3 Å². The Balaban J connectivity index is 1.54. The van der Waals surface area contributed by atoms with Crippen molar-refractivity contribution in [1.82, 2.24) is 0 Å². The highest BCUT2D eigenvalue weighted by Crippen LogP contribution is 2.48. The van der Waals surface area contributed by atoms with E-state index in [9.17, 15) is 0 Å². The number of para-hydroxylation sites is 2. The van der Waals surface area contributed by atoms with E-state index in [0.717, 1.165) is 25.9 Å². The van der Waals surface area contributed by atoms with Crippen molar-refractivity contribution in [2.75, 3.05) is 18.0 Å². The smallest absolute Gasteiger partial charge is 0.209 e. The molecule has 2 aromatic carbocycles. The van der Waals surface area contributed by atoms with Gasteiger partial charge in [-0.3, -0.25) is 0 Å². The standard InChI is InChI=1S/C37H47N2/c1-9-38-31-20-13-11-18-29(31)36(5,6)33(38)24-22-27-16-15-17-28(35(27)26(3)4)23-25-34-37(7,8)30-19-12-14-21-32(30)39(34)10-2/h11-14,18-26H,9-10,15-17H2,1-8H3/q+1. The van der Waals surface area contributed by atoms with Gasteiger partial charge in [0.25, 0.3) is 0 Å². The number of allylic oxidation sites excluding steroid dienone is 8. The quantitative estimate of drug-likeness (QED) is 0.345. The predicted octanol–water partition coefficient (Wildman–Crippen LogP) is 9.40. The van der Waals surface area contributed by atoms with Crippen LogP contribution in [0.25, 0.3) is 0 Å². The van der Waals surface area contributed by atoms with Crippen LogP contribution in [-0.4, -0.2) is 23.4 Å². The molecule has 0 amide bonds. The molecule has 0 saturated heterocycles. The third-order valence-corrected chi connectivity index (χ3v) is 9.28. The number of benzene rings is 2. The first kappa shape index (κ1) is 27.4. The maximum absolute atomic E-state index is 2.50. The minimum absolute atomic E-state index is 0.00604. The second-order valence-corrected chi connectivity index (χ2v) is 12.7. The molecule has 2 aromatic rings. The molecular formula is C37H47N2+. The third-order valence-electron chi connectivity index (χ3n) is 9.28. The lowest BCUT2D eigenvalue weighted by atomic mass is 9.79. The molecule has 0 saturated carbocycles. The second kappa shape index (κ2) is 10.5. The highest BCUT2D eigenvalue weighted by molar-refractivity contribution is 6.03. The molecule has 39 heavy (non-hydrogen) atoms. The van der Waals surface area contributed by atoms with Crippen LogP contribution in [0.2, 0.25) is 0 Å². The Kier molecular flexibility index (Phi) is 7.35. The summed E-state index contributed by atoms with van der Waals surface area (Å²) in [5, 5.41) is 0. The van der Waals surface area contributed by atoms with Crippen LogP contribution >= 0.6 is 0 Å². The summed E-state index contributed by atoms with van der Waals surface area (Å²) in [6.45, 7) is 20.7. The van der Waals surface area contributed by atoms with Crippen molar-refractivity contribution in [1.29, 1.82) is 0 Å². The molecular weight excluding hydrogens is 472 g/mol. The lowest BCUT2D eigenvalue weighted by Gasteiger charge is -2.27. The maximum atomic E-state index is 2.50. The SMILES string of the molecule is CCN1/C(=C/C=C2\CCCC(/C=C/C3=[N+](CC)c4ccccc4C3(C)C)=C2C(C)C)C(C)(C)c2ccccc21. The van der Waals surface area contributed by atoms with Crippen molar-refractivity contribution in [2.45, 2.75) is 85.5 Å². The Morgan fingerprint density at radius 3 is 2.23 bits per heavy atom. The molecule has 0 N–H and O–H groups in total. The fourth-order valence-corrected chi connectivity index (χ4v) is 7.36. The zero-order valence-corrected chi connectivity index (χ0v) is 25.4. The summed E-state index contributed by atoms with van der Waals surface area (Å²) in [5.41, 5.74) is 13.0. The van der Waals surface area contributed by atoms with Gasteiger partial charge in [0.1, 0.15) is 6.54 Å². The molecule has 0 aromatic heterocycles. The van der Waals surface area contributed by atoms with E-state index in [4.69, 9.17) is 0 Å². The summed E-state index contributed by atoms with van der Waals surface area (Å²) >= 11 is 0. The van der Waals surface area contributed by atoms with E-state index in [2.05, 4.69) is 138 Å². The molecule has 0 spiro atoms. The van der Waals surface area contributed by atoms with E-state index < -0.39 is 0 Å². The summed E-state index contributed by atoms with van der Waals surface area (Å²) in [6.07, 6.45) is 13.3. The molecule has 2 aliphatic heterocycles. The Morgan fingerprint density at radius 1 is 0.846 bits per heavy atom. The van der Waals surface area contributed by atoms with E-state index >= 15 is 0 Å². The van der Waals surface area contributed by atoms with Crippen LogP contribution in [0.1, 0.15) is 85.8 Å². The molecule has 0 fully saturated rings. The fraction of sp³-hybridized carbons (Fsp3) is 0.432. The lowest BCUT2D eigenvalue weighted by Crippen LogP contribution is -2.27. The molecule has 0 bridgehead atoms. The van der Waals surface area contributed by atoms with Crippen LogP contribution in [0.3, 0.4) is 0 Å². The largest absolute Gasteiger partial charge is 0.344 e. The van der Waals surface area contributed by atoms with Gasteiger partial charge in [0, 0.05) is 41.1 Å². The molecule has 5 rings (SSSR count). The lowest BCUT2D eigenvalue weighted by molar-refractivity contribution is -0.433. The van der Waals surface area contributed by atoms with Crippen molar-refractivity contribution in [3.05, 3.63) is 106 Å². The molecule has 1 aliphatic carbocycles.